The first kappa shape index (κ1) is 13.6. The van der Waals surface area contributed by atoms with Gasteiger partial charge in [-0.25, -0.2) is 0 Å². The number of nitro benzene ring substituents is 1. The number of hydrogen-bond donors (Lipinski definition) is 1. The lowest BCUT2D eigenvalue weighted by molar-refractivity contribution is -0.385. The normalized spacial score (nSPS) is 18.9. The quantitative estimate of drug-likeness (QED) is 0.651. The first-order valence-corrected chi connectivity index (χ1v) is 6.36. The minimum atomic E-state index is -0.464. The number of nitrogens with zero attached hydrogens (tertiary/aromatic N) is 1. The van der Waals surface area contributed by atoms with Gasteiger partial charge < -0.3 is 14.8 Å². The Morgan fingerprint density at radius 1 is 1.53 bits per heavy atom. The number of ether oxygens (including phenoxy) is 2. The lowest BCUT2D eigenvalue weighted by Crippen LogP contribution is -2.33. The molecule has 0 radical (unpaired) electrons. The summed E-state index contributed by atoms with van der Waals surface area (Å²) in [6, 6.07) is 4.67. The number of nitro groups is 1. The molecule has 1 aliphatic heterocycles. The highest BCUT2D eigenvalue weighted by Gasteiger charge is 2.17. The molecule has 1 aromatic rings. The molecule has 1 fully saturated rings. The Bertz CT molecular complexity index is 444. The molecule has 1 saturated heterocycles. The van der Waals surface area contributed by atoms with Crippen LogP contribution in [0.2, 0.25) is 0 Å². The predicted molar refractivity (Wildman–Crippen MR) is 70.7 cm³/mol. The largest absolute Gasteiger partial charge is 0.493 e. The van der Waals surface area contributed by atoms with Crippen LogP contribution in [0.1, 0.15) is 12.8 Å². The zero-order valence-electron chi connectivity index (χ0n) is 10.9. The van der Waals surface area contributed by atoms with E-state index in [0.29, 0.717) is 18.3 Å². The fraction of sp³-hybridized carbons (Fsp3) is 0.538. The second kappa shape index (κ2) is 6.38. The van der Waals surface area contributed by atoms with Crippen molar-refractivity contribution in [1.29, 1.82) is 0 Å². The van der Waals surface area contributed by atoms with Crippen molar-refractivity contribution in [2.45, 2.75) is 12.8 Å². The van der Waals surface area contributed by atoms with Crippen molar-refractivity contribution in [3.8, 4) is 11.5 Å². The number of nitrogens with one attached hydrogen (secondary N) is 1. The number of benzene rings is 1. The average Bonchev–Trinajstić information content (AvgIpc) is 2.46. The molecule has 104 valence electrons. The number of rotatable bonds is 5. The molecule has 6 heteroatoms. The topological polar surface area (TPSA) is 73.6 Å². The molecular weight excluding hydrogens is 248 g/mol. The van der Waals surface area contributed by atoms with Gasteiger partial charge in [0.15, 0.2) is 5.75 Å². The molecule has 1 aliphatic rings. The van der Waals surface area contributed by atoms with E-state index in [1.807, 2.05) is 0 Å². The van der Waals surface area contributed by atoms with Crippen molar-refractivity contribution in [3.05, 3.63) is 28.3 Å². The zero-order valence-corrected chi connectivity index (χ0v) is 10.9. The van der Waals surface area contributed by atoms with E-state index >= 15 is 0 Å². The maximum absolute atomic E-state index is 10.9. The van der Waals surface area contributed by atoms with Gasteiger partial charge in [0.1, 0.15) is 5.75 Å². The van der Waals surface area contributed by atoms with Crippen molar-refractivity contribution in [1.82, 2.24) is 5.32 Å². The molecule has 0 aromatic heterocycles. The van der Waals surface area contributed by atoms with Crippen LogP contribution in [-0.4, -0.2) is 31.7 Å². The fourth-order valence-corrected chi connectivity index (χ4v) is 2.18. The molecule has 1 N–H and O–H groups in total. The summed E-state index contributed by atoms with van der Waals surface area (Å²) >= 11 is 0. The minimum absolute atomic E-state index is 0.0678. The summed E-state index contributed by atoms with van der Waals surface area (Å²) in [6.45, 7) is 2.58. The third kappa shape index (κ3) is 3.57. The number of methoxy groups -OCH3 is 1. The molecule has 6 nitrogen and oxygen atoms in total. The van der Waals surface area contributed by atoms with Crippen molar-refractivity contribution in [2.75, 3.05) is 26.8 Å². The summed E-state index contributed by atoms with van der Waals surface area (Å²) in [5.41, 5.74) is -0.0678. The molecule has 1 heterocycles. The molecule has 0 spiro atoms. The first-order chi connectivity index (χ1) is 9.20. The summed E-state index contributed by atoms with van der Waals surface area (Å²) in [4.78, 5) is 10.4. The summed E-state index contributed by atoms with van der Waals surface area (Å²) < 4.78 is 10.6. The first-order valence-electron chi connectivity index (χ1n) is 6.36. The summed E-state index contributed by atoms with van der Waals surface area (Å²) in [6.07, 6.45) is 2.28. The van der Waals surface area contributed by atoms with E-state index < -0.39 is 4.92 Å². The lowest BCUT2D eigenvalue weighted by atomic mass is 10.0. The summed E-state index contributed by atoms with van der Waals surface area (Å²) in [7, 11) is 1.41. The van der Waals surface area contributed by atoms with Gasteiger partial charge in [0.05, 0.1) is 24.7 Å². The Labute approximate surface area is 111 Å². The number of hydrogen-bond acceptors (Lipinski definition) is 5. The Morgan fingerprint density at radius 3 is 3.00 bits per heavy atom. The second-order valence-electron chi connectivity index (χ2n) is 4.61. The standard InChI is InChI=1S/C13H18N2O4/c1-18-13-5-4-11(7-12(13)15(16)17)19-9-10-3-2-6-14-8-10/h4-5,7,10,14H,2-3,6,8-9H2,1H3. The number of piperidine rings is 1. The lowest BCUT2D eigenvalue weighted by Gasteiger charge is -2.22. The van der Waals surface area contributed by atoms with Crippen molar-refractivity contribution in [3.63, 3.8) is 0 Å². The molecule has 2 rings (SSSR count). The summed E-state index contributed by atoms with van der Waals surface area (Å²) in [5.74, 6) is 1.23. The average molecular weight is 266 g/mol. The van der Waals surface area contributed by atoms with Gasteiger partial charge in [-0.15, -0.1) is 0 Å². The van der Waals surface area contributed by atoms with E-state index in [4.69, 9.17) is 9.47 Å². The van der Waals surface area contributed by atoms with E-state index in [0.717, 1.165) is 25.9 Å². The highest BCUT2D eigenvalue weighted by molar-refractivity contribution is 5.50. The van der Waals surface area contributed by atoms with Crippen LogP contribution in [0.4, 0.5) is 5.69 Å². The van der Waals surface area contributed by atoms with Gasteiger partial charge >= 0.3 is 5.69 Å². The second-order valence-corrected chi connectivity index (χ2v) is 4.61. The zero-order chi connectivity index (χ0) is 13.7. The maximum atomic E-state index is 10.9. The Morgan fingerprint density at radius 2 is 2.37 bits per heavy atom. The van der Waals surface area contributed by atoms with Crippen LogP contribution >= 0.6 is 0 Å². The van der Waals surface area contributed by atoms with Crippen LogP contribution in [0, 0.1) is 16.0 Å². The predicted octanol–water partition coefficient (Wildman–Crippen LogP) is 1.98. The van der Waals surface area contributed by atoms with Crippen LogP contribution in [-0.2, 0) is 0 Å². The van der Waals surface area contributed by atoms with E-state index in [9.17, 15) is 10.1 Å². The van der Waals surface area contributed by atoms with Crippen LogP contribution in [0.3, 0.4) is 0 Å². The van der Waals surface area contributed by atoms with Crippen LogP contribution < -0.4 is 14.8 Å². The van der Waals surface area contributed by atoms with Gasteiger partial charge in [0, 0.05) is 12.5 Å². The van der Waals surface area contributed by atoms with E-state index in [1.165, 1.54) is 13.2 Å². The van der Waals surface area contributed by atoms with Gasteiger partial charge in [-0.1, -0.05) is 0 Å². The molecule has 19 heavy (non-hydrogen) atoms. The highest BCUT2D eigenvalue weighted by Crippen LogP contribution is 2.31. The third-order valence-electron chi connectivity index (χ3n) is 3.23. The molecule has 1 aromatic carbocycles. The molecule has 1 atom stereocenters. The molecular formula is C13H18N2O4. The van der Waals surface area contributed by atoms with Gasteiger partial charge in [-0.05, 0) is 31.5 Å². The van der Waals surface area contributed by atoms with Crippen molar-refractivity contribution < 1.29 is 14.4 Å². The van der Waals surface area contributed by atoms with Crippen molar-refractivity contribution >= 4 is 5.69 Å². The third-order valence-corrected chi connectivity index (χ3v) is 3.23. The molecule has 0 saturated carbocycles. The summed E-state index contributed by atoms with van der Waals surface area (Å²) in [5, 5.41) is 14.2. The SMILES string of the molecule is COc1ccc(OCC2CCCNC2)cc1[N+](=O)[O-]. The highest BCUT2D eigenvalue weighted by atomic mass is 16.6. The van der Waals surface area contributed by atoms with Gasteiger partial charge in [-0.3, -0.25) is 10.1 Å². The Kier molecular flexibility index (Phi) is 4.57. The molecule has 0 amide bonds. The fourth-order valence-electron chi connectivity index (χ4n) is 2.18. The monoisotopic (exact) mass is 266 g/mol. The van der Waals surface area contributed by atoms with E-state index in [2.05, 4.69) is 5.32 Å². The molecule has 1 unspecified atom stereocenters. The van der Waals surface area contributed by atoms with Crippen LogP contribution in [0.5, 0.6) is 11.5 Å². The maximum Gasteiger partial charge on any atom is 0.314 e. The minimum Gasteiger partial charge on any atom is -0.493 e. The van der Waals surface area contributed by atoms with E-state index in [1.54, 1.807) is 12.1 Å². The molecule has 0 aliphatic carbocycles. The Balaban J connectivity index is 2.00. The van der Waals surface area contributed by atoms with Crippen molar-refractivity contribution in [2.24, 2.45) is 5.92 Å². The smallest absolute Gasteiger partial charge is 0.314 e. The Hall–Kier alpha value is -1.82. The van der Waals surface area contributed by atoms with Crippen LogP contribution in [0.15, 0.2) is 18.2 Å². The molecule has 0 bridgehead atoms. The van der Waals surface area contributed by atoms with Crippen LogP contribution in [0.25, 0.3) is 0 Å². The van der Waals surface area contributed by atoms with E-state index in [-0.39, 0.29) is 11.4 Å². The van der Waals surface area contributed by atoms with Gasteiger partial charge in [-0.2, -0.15) is 0 Å². The van der Waals surface area contributed by atoms with Gasteiger partial charge in [0.2, 0.25) is 0 Å². The van der Waals surface area contributed by atoms with Gasteiger partial charge in [0.25, 0.3) is 0 Å².